The molecule has 0 spiro atoms. The first-order chi connectivity index (χ1) is 31.0. The summed E-state index contributed by atoms with van der Waals surface area (Å²) >= 11 is 0. The number of esters is 1. The van der Waals surface area contributed by atoms with Crippen LogP contribution in [0.4, 0.5) is 0 Å². The molecule has 370 valence electrons. The molecular formula is C57H107NO5. The van der Waals surface area contributed by atoms with Crippen molar-refractivity contribution in [1.82, 2.24) is 5.32 Å². The van der Waals surface area contributed by atoms with E-state index in [2.05, 4.69) is 43.5 Å². The van der Waals surface area contributed by atoms with Gasteiger partial charge in [0.15, 0.2) is 0 Å². The highest BCUT2D eigenvalue weighted by molar-refractivity contribution is 5.76. The van der Waals surface area contributed by atoms with Crippen molar-refractivity contribution >= 4 is 11.9 Å². The van der Waals surface area contributed by atoms with Crippen LogP contribution in [0.1, 0.15) is 290 Å². The van der Waals surface area contributed by atoms with Crippen LogP contribution in [0.5, 0.6) is 0 Å². The molecule has 0 aliphatic heterocycles. The van der Waals surface area contributed by atoms with Crippen molar-refractivity contribution in [3.8, 4) is 0 Å². The van der Waals surface area contributed by atoms with Crippen molar-refractivity contribution < 1.29 is 24.5 Å². The third-order valence-corrected chi connectivity index (χ3v) is 12.7. The van der Waals surface area contributed by atoms with Crippen molar-refractivity contribution in [2.24, 2.45) is 0 Å². The smallest absolute Gasteiger partial charge is 0.305 e. The van der Waals surface area contributed by atoms with Gasteiger partial charge in [-0.05, 0) is 64.2 Å². The van der Waals surface area contributed by atoms with Crippen LogP contribution >= 0.6 is 0 Å². The molecule has 0 aliphatic carbocycles. The molecule has 0 fully saturated rings. The maximum absolute atomic E-state index is 12.4. The van der Waals surface area contributed by atoms with E-state index in [-0.39, 0.29) is 18.5 Å². The molecule has 6 nitrogen and oxygen atoms in total. The highest BCUT2D eigenvalue weighted by atomic mass is 16.5. The molecule has 0 aromatic carbocycles. The number of nitrogens with one attached hydrogen (secondary N) is 1. The summed E-state index contributed by atoms with van der Waals surface area (Å²) < 4.78 is 5.48. The van der Waals surface area contributed by atoms with Gasteiger partial charge in [-0.2, -0.15) is 0 Å². The van der Waals surface area contributed by atoms with Crippen molar-refractivity contribution in [2.45, 2.75) is 302 Å². The van der Waals surface area contributed by atoms with Crippen molar-refractivity contribution in [2.75, 3.05) is 13.2 Å². The second kappa shape index (κ2) is 52.7. The monoisotopic (exact) mass is 886 g/mol. The second-order valence-corrected chi connectivity index (χ2v) is 18.9. The van der Waals surface area contributed by atoms with E-state index in [0.29, 0.717) is 19.4 Å². The van der Waals surface area contributed by atoms with Gasteiger partial charge in [0.05, 0.1) is 25.4 Å². The molecule has 1 amide bonds. The zero-order valence-electron chi connectivity index (χ0n) is 42.1. The summed E-state index contributed by atoms with van der Waals surface area (Å²) in [7, 11) is 0. The SMILES string of the molecule is CCCCC/C=C\C/C=C\CCCCCCCCCCCC(=O)OCCCCCCCCCCCCCCCC(=O)NC(CO)C(O)/C=C/CCCCCCCCCCCCCC. The molecule has 6 heteroatoms. The van der Waals surface area contributed by atoms with Gasteiger partial charge >= 0.3 is 5.97 Å². The number of carbonyl (C=O) groups is 2. The van der Waals surface area contributed by atoms with Crippen LogP contribution in [0, 0.1) is 0 Å². The Morgan fingerprint density at radius 3 is 1.24 bits per heavy atom. The van der Waals surface area contributed by atoms with Crippen molar-refractivity contribution in [1.29, 1.82) is 0 Å². The Morgan fingerprint density at radius 2 is 0.794 bits per heavy atom. The molecule has 0 rings (SSSR count). The first-order valence-corrected chi connectivity index (χ1v) is 27.8. The number of amides is 1. The molecule has 63 heavy (non-hydrogen) atoms. The lowest BCUT2D eigenvalue weighted by molar-refractivity contribution is -0.143. The van der Waals surface area contributed by atoms with E-state index >= 15 is 0 Å². The van der Waals surface area contributed by atoms with Gasteiger partial charge in [0, 0.05) is 12.8 Å². The maximum atomic E-state index is 12.4. The Balaban J connectivity index is 3.46. The predicted octanol–water partition coefficient (Wildman–Crippen LogP) is 16.9. The molecule has 0 saturated carbocycles. The van der Waals surface area contributed by atoms with Gasteiger partial charge in [-0.25, -0.2) is 0 Å². The Bertz CT molecular complexity index is 1020. The van der Waals surface area contributed by atoms with Crippen LogP contribution in [-0.4, -0.2) is 47.4 Å². The van der Waals surface area contributed by atoms with E-state index in [1.54, 1.807) is 6.08 Å². The van der Waals surface area contributed by atoms with Crippen molar-refractivity contribution in [3.05, 3.63) is 36.5 Å². The minimum Gasteiger partial charge on any atom is -0.466 e. The Morgan fingerprint density at radius 1 is 0.444 bits per heavy atom. The fraction of sp³-hybridized carbons (Fsp3) is 0.860. The fourth-order valence-corrected chi connectivity index (χ4v) is 8.37. The number of hydrogen-bond acceptors (Lipinski definition) is 5. The average molecular weight is 886 g/mol. The molecule has 0 radical (unpaired) electrons. The molecule has 0 aliphatic rings. The quantitative estimate of drug-likeness (QED) is 0.0321. The van der Waals surface area contributed by atoms with E-state index < -0.39 is 12.1 Å². The number of unbranched alkanes of at least 4 members (excludes halogenated alkanes) is 36. The minimum atomic E-state index is -0.853. The zero-order chi connectivity index (χ0) is 45.8. The summed E-state index contributed by atoms with van der Waals surface area (Å²) in [6, 6.07) is -0.638. The third-order valence-electron chi connectivity index (χ3n) is 12.7. The van der Waals surface area contributed by atoms with Crippen LogP contribution in [-0.2, 0) is 14.3 Å². The Labute approximate surface area is 392 Å². The summed E-state index contributed by atoms with van der Waals surface area (Å²) in [5, 5.41) is 23.1. The molecule has 2 unspecified atom stereocenters. The molecule has 0 bridgehead atoms. The fourth-order valence-electron chi connectivity index (χ4n) is 8.37. The van der Waals surface area contributed by atoms with Crippen LogP contribution < -0.4 is 5.32 Å². The normalized spacial score (nSPS) is 12.9. The first-order valence-electron chi connectivity index (χ1n) is 27.8. The van der Waals surface area contributed by atoms with Crippen LogP contribution in [0.3, 0.4) is 0 Å². The number of aliphatic hydroxyl groups excluding tert-OH is 2. The predicted molar refractivity (Wildman–Crippen MR) is 273 cm³/mol. The lowest BCUT2D eigenvalue weighted by atomic mass is 10.0. The molecule has 0 aromatic rings. The molecule has 0 aromatic heterocycles. The Hall–Kier alpha value is -1.92. The number of aliphatic hydroxyl groups is 2. The number of allylic oxidation sites excluding steroid dienone is 5. The molecule has 0 saturated heterocycles. The van der Waals surface area contributed by atoms with E-state index in [4.69, 9.17) is 4.74 Å². The van der Waals surface area contributed by atoms with Gasteiger partial charge in [0.2, 0.25) is 5.91 Å². The lowest BCUT2D eigenvalue weighted by Crippen LogP contribution is -2.45. The number of hydrogen-bond donors (Lipinski definition) is 3. The third kappa shape index (κ3) is 49.4. The van der Waals surface area contributed by atoms with E-state index in [1.807, 2.05) is 6.08 Å². The maximum Gasteiger partial charge on any atom is 0.305 e. The number of rotatable bonds is 51. The van der Waals surface area contributed by atoms with Gasteiger partial charge in [-0.15, -0.1) is 0 Å². The van der Waals surface area contributed by atoms with Crippen LogP contribution in [0.2, 0.25) is 0 Å². The summed E-state index contributed by atoms with van der Waals surface area (Å²) in [5.41, 5.74) is 0. The van der Waals surface area contributed by atoms with E-state index in [1.165, 1.54) is 199 Å². The van der Waals surface area contributed by atoms with Gasteiger partial charge in [0.25, 0.3) is 0 Å². The van der Waals surface area contributed by atoms with Gasteiger partial charge < -0.3 is 20.3 Å². The standard InChI is InChI=1S/C57H107NO5/c1-3-5-7-9-11-13-15-17-19-20-21-22-23-27-31-35-39-43-47-51-57(62)63-52-48-44-40-36-32-28-24-26-30-34-38-42-46-50-56(61)58-54(53-59)55(60)49-45-41-37-33-29-25-18-16-14-12-10-8-6-4-2/h11,13,17,19,45,49,54-55,59-60H,3-10,12,14-16,18,20-44,46-48,50-53H2,1-2H3,(H,58,61)/b13-11-,19-17-,49-45+. The van der Waals surface area contributed by atoms with Crippen molar-refractivity contribution in [3.63, 3.8) is 0 Å². The molecular weight excluding hydrogens is 779 g/mol. The van der Waals surface area contributed by atoms with Gasteiger partial charge in [0.1, 0.15) is 0 Å². The molecule has 3 N–H and O–H groups in total. The van der Waals surface area contributed by atoms with Crippen LogP contribution in [0.15, 0.2) is 36.5 Å². The zero-order valence-corrected chi connectivity index (χ0v) is 42.1. The number of carbonyl (C=O) groups excluding carboxylic acids is 2. The highest BCUT2D eigenvalue weighted by Gasteiger charge is 2.18. The van der Waals surface area contributed by atoms with Gasteiger partial charge in [-0.1, -0.05) is 249 Å². The van der Waals surface area contributed by atoms with E-state index in [9.17, 15) is 19.8 Å². The summed E-state index contributed by atoms with van der Waals surface area (Å²) in [6.45, 7) is 4.85. The first kappa shape index (κ1) is 61.1. The average Bonchev–Trinajstić information content (AvgIpc) is 3.28. The highest BCUT2D eigenvalue weighted by Crippen LogP contribution is 2.16. The minimum absolute atomic E-state index is 0.0109. The Kier molecular flexibility index (Phi) is 51.1. The summed E-state index contributed by atoms with van der Waals surface area (Å²) in [6.07, 6.45) is 64.3. The van der Waals surface area contributed by atoms with Gasteiger partial charge in [-0.3, -0.25) is 9.59 Å². The second-order valence-electron chi connectivity index (χ2n) is 18.9. The van der Waals surface area contributed by atoms with Crippen LogP contribution in [0.25, 0.3) is 0 Å². The summed E-state index contributed by atoms with van der Waals surface area (Å²) in [5.74, 6) is -0.0919. The number of ether oxygens (including phenoxy) is 1. The topological polar surface area (TPSA) is 95.9 Å². The summed E-state index contributed by atoms with van der Waals surface area (Å²) in [4.78, 5) is 24.5. The molecule has 2 atom stereocenters. The largest absolute Gasteiger partial charge is 0.466 e. The lowest BCUT2D eigenvalue weighted by Gasteiger charge is -2.20. The van der Waals surface area contributed by atoms with E-state index in [0.717, 1.165) is 64.2 Å². The molecule has 0 heterocycles.